The van der Waals surface area contributed by atoms with Crippen molar-refractivity contribution in [1.29, 1.82) is 0 Å². The van der Waals surface area contributed by atoms with E-state index in [2.05, 4.69) is 0 Å². The molecule has 0 saturated heterocycles. The Bertz CT molecular complexity index is 433. The Labute approximate surface area is 128 Å². The maximum Gasteiger partial charge on any atom is 0.337 e. The predicted octanol–water partition coefficient (Wildman–Crippen LogP) is 3.92. The minimum Gasteiger partial charge on any atom is -0.478 e. The summed E-state index contributed by atoms with van der Waals surface area (Å²) in [5.74, 6) is -0.232. The average molecular weight is 319 g/mol. The van der Waals surface area contributed by atoms with Crippen molar-refractivity contribution in [3.05, 3.63) is 28.8 Å². The number of carbonyl (C=O) groups is 1. The monoisotopic (exact) mass is 318 g/mol. The molecule has 6 heteroatoms. The van der Waals surface area contributed by atoms with Gasteiger partial charge in [0.05, 0.1) is 10.6 Å². The van der Waals surface area contributed by atoms with Crippen molar-refractivity contribution in [3.63, 3.8) is 0 Å². The number of halogens is 1. The molecule has 0 heterocycles. The van der Waals surface area contributed by atoms with Gasteiger partial charge in [0.1, 0.15) is 0 Å². The van der Waals surface area contributed by atoms with Crippen LogP contribution in [0.15, 0.2) is 23.1 Å². The minimum absolute atomic E-state index is 0.128. The van der Waals surface area contributed by atoms with E-state index in [1.165, 1.54) is 0 Å². The second-order valence-electron chi connectivity index (χ2n) is 3.92. The highest BCUT2D eigenvalue weighted by atomic mass is 35.5. The first kappa shape index (κ1) is 17.3. The van der Waals surface area contributed by atoms with Crippen molar-refractivity contribution in [1.82, 2.24) is 0 Å². The zero-order chi connectivity index (χ0) is 15.0. The Morgan fingerprint density at radius 2 is 2.00 bits per heavy atom. The van der Waals surface area contributed by atoms with Crippen LogP contribution in [0, 0.1) is 0 Å². The van der Waals surface area contributed by atoms with Crippen LogP contribution in [0.2, 0.25) is 5.02 Å². The molecule has 112 valence electrons. The molecule has 1 aromatic carbocycles. The largest absolute Gasteiger partial charge is 0.478 e. The number of benzene rings is 1. The third-order valence-electron chi connectivity index (χ3n) is 2.50. The lowest BCUT2D eigenvalue weighted by atomic mass is 10.2. The number of rotatable bonds is 9. The minimum atomic E-state index is -1.01. The summed E-state index contributed by atoms with van der Waals surface area (Å²) in [6.45, 7) is 5.08. The Kier molecular flexibility index (Phi) is 7.99. The molecule has 1 aromatic rings. The summed E-state index contributed by atoms with van der Waals surface area (Å²) < 4.78 is 10.9. The summed E-state index contributed by atoms with van der Waals surface area (Å²) in [5.41, 5.74) is 0.128. The SMILES string of the molecule is CCOC(CCSc1ccc(Cl)c(C(=O)O)c1)OCC. The Balaban J connectivity index is 2.53. The van der Waals surface area contributed by atoms with E-state index in [9.17, 15) is 4.79 Å². The molecule has 0 aliphatic rings. The molecule has 0 fully saturated rings. The topological polar surface area (TPSA) is 55.8 Å². The highest BCUT2D eigenvalue weighted by Crippen LogP contribution is 2.25. The molecule has 1 rings (SSSR count). The van der Waals surface area contributed by atoms with Gasteiger partial charge in [0.15, 0.2) is 6.29 Å². The van der Waals surface area contributed by atoms with Crippen LogP contribution in [-0.4, -0.2) is 36.3 Å². The summed E-state index contributed by atoms with van der Waals surface area (Å²) in [4.78, 5) is 11.9. The van der Waals surface area contributed by atoms with Gasteiger partial charge in [0.2, 0.25) is 0 Å². The van der Waals surface area contributed by atoms with Gasteiger partial charge in [-0.1, -0.05) is 11.6 Å². The molecule has 0 amide bonds. The first-order valence-electron chi connectivity index (χ1n) is 6.47. The average Bonchev–Trinajstić information content (AvgIpc) is 2.41. The lowest BCUT2D eigenvalue weighted by Gasteiger charge is -2.16. The molecule has 0 spiro atoms. The van der Waals surface area contributed by atoms with Gasteiger partial charge in [0.25, 0.3) is 0 Å². The van der Waals surface area contributed by atoms with E-state index in [-0.39, 0.29) is 16.9 Å². The Morgan fingerprint density at radius 3 is 2.55 bits per heavy atom. The van der Waals surface area contributed by atoms with Gasteiger partial charge >= 0.3 is 5.97 Å². The maximum atomic E-state index is 11.0. The van der Waals surface area contributed by atoms with Gasteiger partial charge in [-0.3, -0.25) is 0 Å². The van der Waals surface area contributed by atoms with Crippen LogP contribution in [-0.2, 0) is 9.47 Å². The molecular formula is C14H19ClO4S. The van der Waals surface area contributed by atoms with Crippen LogP contribution in [0.1, 0.15) is 30.6 Å². The van der Waals surface area contributed by atoms with Crippen molar-refractivity contribution in [3.8, 4) is 0 Å². The molecule has 0 aliphatic carbocycles. The van der Waals surface area contributed by atoms with E-state index in [0.717, 1.165) is 17.1 Å². The molecule has 0 radical (unpaired) electrons. The van der Waals surface area contributed by atoms with Gasteiger partial charge in [-0.2, -0.15) is 0 Å². The van der Waals surface area contributed by atoms with Gasteiger partial charge in [-0.05, 0) is 32.0 Å². The number of thioether (sulfide) groups is 1. The fourth-order valence-electron chi connectivity index (χ4n) is 1.62. The Morgan fingerprint density at radius 1 is 1.35 bits per heavy atom. The summed E-state index contributed by atoms with van der Waals surface area (Å²) in [7, 11) is 0. The molecule has 0 atom stereocenters. The van der Waals surface area contributed by atoms with Gasteiger partial charge < -0.3 is 14.6 Å². The second-order valence-corrected chi connectivity index (χ2v) is 5.50. The van der Waals surface area contributed by atoms with Crippen molar-refractivity contribution >= 4 is 29.3 Å². The van der Waals surface area contributed by atoms with Gasteiger partial charge in [-0.15, -0.1) is 11.8 Å². The van der Waals surface area contributed by atoms with E-state index in [1.54, 1.807) is 23.9 Å². The molecule has 0 saturated carbocycles. The van der Waals surface area contributed by atoms with E-state index < -0.39 is 5.97 Å². The molecule has 1 N–H and O–H groups in total. The number of carboxylic acid groups (broad SMARTS) is 1. The van der Waals surface area contributed by atoms with Gasteiger partial charge in [-0.25, -0.2) is 4.79 Å². The standard InChI is InChI=1S/C14H19ClO4S/c1-3-18-13(19-4-2)7-8-20-10-5-6-12(15)11(9-10)14(16)17/h5-6,9,13H,3-4,7-8H2,1-2H3,(H,16,17). The molecule has 4 nitrogen and oxygen atoms in total. The summed E-state index contributed by atoms with van der Waals surface area (Å²) in [5, 5.41) is 9.26. The quantitative estimate of drug-likeness (QED) is 0.552. The Hall–Kier alpha value is -0.750. The van der Waals surface area contributed by atoms with Crippen molar-refractivity contribution in [2.75, 3.05) is 19.0 Å². The maximum absolute atomic E-state index is 11.0. The zero-order valence-corrected chi connectivity index (χ0v) is 13.2. The van der Waals surface area contributed by atoms with E-state index in [0.29, 0.717) is 13.2 Å². The van der Waals surface area contributed by atoms with Crippen LogP contribution in [0.4, 0.5) is 0 Å². The zero-order valence-electron chi connectivity index (χ0n) is 11.6. The molecule has 0 aliphatic heterocycles. The first-order valence-corrected chi connectivity index (χ1v) is 7.83. The summed E-state index contributed by atoms with van der Waals surface area (Å²) in [6.07, 6.45) is 0.543. The van der Waals surface area contributed by atoms with E-state index in [4.69, 9.17) is 26.2 Å². The number of ether oxygens (including phenoxy) is 2. The van der Waals surface area contributed by atoms with E-state index >= 15 is 0 Å². The molecule has 0 bridgehead atoms. The first-order chi connectivity index (χ1) is 9.58. The van der Waals surface area contributed by atoms with Crippen LogP contribution < -0.4 is 0 Å². The number of hydrogen-bond acceptors (Lipinski definition) is 4. The normalized spacial score (nSPS) is 11.0. The third kappa shape index (κ3) is 5.71. The highest BCUT2D eigenvalue weighted by Gasteiger charge is 2.11. The van der Waals surface area contributed by atoms with Gasteiger partial charge in [0, 0.05) is 30.3 Å². The number of hydrogen-bond donors (Lipinski definition) is 1. The van der Waals surface area contributed by atoms with Crippen LogP contribution in [0.25, 0.3) is 0 Å². The smallest absolute Gasteiger partial charge is 0.337 e. The van der Waals surface area contributed by atoms with Crippen molar-refractivity contribution in [2.45, 2.75) is 31.5 Å². The lowest BCUT2D eigenvalue weighted by Crippen LogP contribution is -2.18. The molecule has 20 heavy (non-hydrogen) atoms. The van der Waals surface area contributed by atoms with Crippen LogP contribution in [0.5, 0.6) is 0 Å². The highest BCUT2D eigenvalue weighted by molar-refractivity contribution is 7.99. The number of aromatic carboxylic acids is 1. The molecule has 0 unspecified atom stereocenters. The van der Waals surface area contributed by atoms with Crippen LogP contribution in [0.3, 0.4) is 0 Å². The predicted molar refractivity (Wildman–Crippen MR) is 80.8 cm³/mol. The van der Waals surface area contributed by atoms with Crippen molar-refractivity contribution in [2.24, 2.45) is 0 Å². The second kappa shape index (κ2) is 9.23. The van der Waals surface area contributed by atoms with Crippen molar-refractivity contribution < 1.29 is 19.4 Å². The lowest BCUT2D eigenvalue weighted by molar-refractivity contribution is -0.136. The fraction of sp³-hybridized carbons (Fsp3) is 0.500. The summed E-state index contributed by atoms with van der Waals surface area (Å²) >= 11 is 7.39. The fourth-order valence-corrected chi connectivity index (χ4v) is 2.73. The number of carboxylic acids is 1. The summed E-state index contributed by atoms with van der Waals surface area (Å²) in [6, 6.07) is 5.01. The van der Waals surface area contributed by atoms with E-state index in [1.807, 2.05) is 19.9 Å². The third-order valence-corrected chi connectivity index (χ3v) is 3.85. The van der Waals surface area contributed by atoms with Crippen LogP contribution >= 0.6 is 23.4 Å². The molecular weight excluding hydrogens is 300 g/mol. The molecule has 0 aromatic heterocycles.